The minimum absolute atomic E-state index is 0.306. The van der Waals surface area contributed by atoms with Gasteiger partial charge in [-0.25, -0.2) is 0 Å². The van der Waals surface area contributed by atoms with Crippen LogP contribution in [0.1, 0.15) is 116 Å². The lowest BCUT2D eigenvalue weighted by atomic mass is 9.46. The predicted octanol–water partition coefficient (Wildman–Crippen LogP) is 7.56. The third kappa shape index (κ3) is 4.33. The van der Waals surface area contributed by atoms with Crippen LogP contribution in [0.2, 0.25) is 0 Å². The third-order valence-electron chi connectivity index (χ3n) is 11.8. The zero-order valence-electron chi connectivity index (χ0n) is 22.9. The molecule has 1 heterocycles. The first kappa shape index (κ1) is 25.5. The summed E-state index contributed by atoms with van der Waals surface area (Å²) in [5.74, 6) is 3.85. The molecule has 0 amide bonds. The number of pyridine rings is 1. The van der Waals surface area contributed by atoms with Crippen molar-refractivity contribution in [3.05, 3.63) is 41.2 Å². The molecule has 0 saturated heterocycles. The van der Waals surface area contributed by atoms with Crippen molar-refractivity contribution in [2.24, 2.45) is 40.4 Å². The summed E-state index contributed by atoms with van der Waals surface area (Å²) in [6, 6.07) is 4.03. The first-order valence-corrected chi connectivity index (χ1v) is 14.6. The van der Waals surface area contributed by atoms with Gasteiger partial charge in [-0.15, -0.1) is 0 Å². The molecule has 1 aromatic rings. The number of aryl methyl sites for hydroxylation is 1. The van der Waals surface area contributed by atoms with Crippen LogP contribution in [0.4, 0.5) is 0 Å². The highest BCUT2D eigenvalue weighted by atomic mass is 16.3. The highest BCUT2D eigenvalue weighted by molar-refractivity contribution is 5.27. The Morgan fingerprint density at radius 1 is 1.09 bits per heavy atom. The van der Waals surface area contributed by atoms with E-state index in [4.69, 9.17) is 0 Å². The maximum Gasteiger partial charge on any atom is 0.0959 e. The molecule has 3 saturated carbocycles. The molecule has 3 fully saturated rings. The Labute approximate surface area is 213 Å². The molecule has 0 aliphatic heterocycles. The van der Waals surface area contributed by atoms with Crippen molar-refractivity contribution in [1.29, 1.82) is 0 Å². The van der Waals surface area contributed by atoms with Crippen molar-refractivity contribution in [2.75, 3.05) is 0 Å². The van der Waals surface area contributed by atoms with Gasteiger partial charge >= 0.3 is 0 Å². The average Bonchev–Trinajstić information content (AvgIpc) is 3.20. The van der Waals surface area contributed by atoms with E-state index >= 15 is 0 Å². The maximum absolute atomic E-state index is 11.0. The van der Waals surface area contributed by atoms with Crippen molar-refractivity contribution >= 4 is 0 Å². The van der Waals surface area contributed by atoms with Crippen LogP contribution in [0.15, 0.2) is 30.0 Å². The van der Waals surface area contributed by atoms with E-state index < -0.39 is 11.7 Å². The highest BCUT2D eigenvalue weighted by Crippen LogP contribution is 2.67. The van der Waals surface area contributed by atoms with Gasteiger partial charge in [0.2, 0.25) is 0 Å². The van der Waals surface area contributed by atoms with Crippen molar-refractivity contribution in [1.82, 2.24) is 4.98 Å². The molecule has 4 aliphatic carbocycles. The van der Waals surface area contributed by atoms with E-state index in [-0.39, 0.29) is 0 Å². The summed E-state index contributed by atoms with van der Waals surface area (Å²) >= 11 is 0. The molecule has 4 aliphatic rings. The van der Waals surface area contributed by atoms with E-state index in [9.17, 15) is 10.2 Å². The number of hydrogen-bond donors (Lipinski definition) is 2. The lowest BCUT2D eigenvalue weighted by molar-refractivity contribution is -0.0757. The van der Waals surface area contributed by atoms with E-state index in [1.165, 1.54) is 44.1 Å². The highest BCUT2D eigenvalue weighted by Gasteiger charge is 2.59. The summed E-state index contributed by atoms with van der Waals surface area (Å²) in [6.45, 7) is 11.8. The second kappa shape index (κ2) is 9.28. The van der Waals surface area contributed by atoms with Crippen molar-refractivity contribution in [2.45, 2.75) is 117 Å². The van der Waals surface area contributed by atoms with Gasteiger partial charge in [-0.3, -0.25) is 4.98 Å². The zero-order valence-corrected chi connectivity index (χ0v) is 22.9. The topological polar surface area (TPSA) is 53.4 Å². The standard InChI is InChI=1S/C32H49NO2/c1-6-32(35)17-16-30(4)23(20-32)8-9-24-26-11-10-25(31(26,5)15-13-27(24)30)22(3)7-12-29(34)28-19-21(2)14-18-33-28/h8,14,18-19,22,24-27,29,34-35H,6-7,9-13,15-17,20H2,1-5H3/t22-,24+,25-,26+,27+,29?,30+,31-,32+/m1/s1. The molecule has 2 N–H and O–H groups in total. The maximum atomic E-state index is 11.0. The van der Waals surface area contributed by atoms with Crippen molar-refractivity contribution < 1.29 is 10.2 Å². The van der Waals surface area contributed by atoms with Gasteiger partial charge in [0.1, 0.15) is 0 Å². The van der Waals surface area contributed by atoms with E-state index in [0.717, 1.165) is 61.5 Å². The summed E-state index contributed by atoms with van der Waals surface area (Å²) in [6.07, 6.45) is 16.4. The van der Waals surface area contributed by atoms with Crippen molar-refractivity contribution in [3.63, 3.8) is 0 Å². The fourth-order valence-corrected chi connectivity index (χ4v) is 9.50. The predicted molar refractivity (Wildman–Crippen MR) is 143 cm³/mol. The van der Waals surface area contributed by atoms with Gasteiger partial charge in [0.05, 0.1) is 17.4 Å². The lowest BCUT2D eigenvalue weighted by Crippen LogP contribution is -2.52. The number of aliphatic hydroxyl groups is 2. The number of aliphatic hydroxyl groups excluding tert-OH is 1. The fraction of sp³-hybridized carbons (Fsp3) is 0.781. The molecule has 194 valence electrons. The van der Waals surface area contributed by atoms with E-state index in [1.54, 1.807) is 5.57 Å². The molecule has 35 heavy (non-hydrogen) atoms. The van der Waals surface area contributed by atoms with Gasteiger partial charge in [-0.2, -0.15) is 0 Å². The quantitative estimate of drug-likeness (QED) is 0.414. The second-order valence-electron chi connectivity index (χ2n) is 13.6. The fourth-order valence-electron chi connectivity index (χ4n) is 9.50. The molecule has 0 aromatic carbocycles. The van der Waals surface area contributed by atoms with Crippen LogP contribution in [0, 0.1) is 47.3 Å². The van der Waals surface area contributed by atoms with Crippen LogP contribution in [0.5, 0.6) is 0 Å². The van der Waals surface area contributed by atoms with Crippen LogP contribution >= 0.6 is 0 Å². The Morgan fingerprint density at radius 3 is 2.63 bits per heavy atom. The van der Waals surface area contributed by atoms with Crippen LogP contribution in [-0.4, -0.2) is 20.8 Å². The first-order chi connectivity index (χ1) is 16.6. The van der Waals surface area contributed by atoms with Gasteiger partial charge in [-0.1, -0.05) is 39.3 Å². The summed E-state index contributed by atoms with van der Waals surface area (Å²) in [4.78, 5) is 4.42. The Kier molecular flexibility index (Phi) is 6.75. The number of allylic oxidation sites excluding steroid dienone is 1. The molecule has 1 unspecified atom stereocenters. The Balaban J connectivity index is 1.27. The second-order valence-corrected chi connectivity index (χ2v) is 13.6. The summed E-state index contributed by atoms with van der Waals surface area (Å²) in [7, 11) is 0. The Bertz CT molecular complexity index is 957. The molecule has 3 nitrogen and oxygen atoms in total. The lowest BCUT2D eigenvalue weighted by Gasteiger charge is -2.59. The van der Waals surface area contributed by atoms with E-state index in [2.05, 4.69) is 45.7 Å². The minimum Gasteiger partial charge on any atom is -0.390 e. The molecule has 9 atom stereocenters. The first-order valence-electron chi connectivity index (χ1n) is 14.6. The van der Waals surface area contributed by atoms with E-state index in [1.807, 2.05) is 18.3 Å². The summed E-state index contributed by atoms with van der Waals surface area (Å²) in [5, 5.41) is 21.8. The van der Waals surface area contributed by atoms with Crippen LogP contribution in [-0.2, 0) is 0 Å². The number of nitrogens with zero attached hydrogens (tertiary/aromatic N) is 1. The average molecular weight is 480 g/mol. The number of fused-ring (bicyclic) bond motifs is 5. The van der Waals surface area contributed by atoms with Crippen LogP contribution in [0.3, 0.4) is 0 Å². The Hall–Kier alpha value is -1.19. The third-order valence-corrected chi connectivity index (χ3v) is 11.8. The van der Waals surface area contributed by atoms with E-state index in [0.29, 0.717) is 16.7 Å². The SMILES string of the molecule is CC[C@]1(O)CC[C@@]2(C)C(=CC[C@H]3[C@@H]4CC[C@H]([C@H](C)CCC(O)c5cc(C)ccn5)[C@@]4(C)CC[C@@H]32)C1. The summed E-state index contributed by atoms with van der Waals surface area (Å²) in [5.41, 5.74) is 3.86. The minimum atomic E-state index is -0.465. The largest absolute Gasteiger partial charge is 0.390 e. The van der Waals surface area contributed by atoms with Gasteiger partial charge < -0.3 is 10.2 Å². The van der Waals surface area contributed by atoms with Crippen LogP contribution in [0.25, 0.3) is 0 Å². The molecule has 0 radical (unpaired) electrons. The molecular formula is C32H49NO2. The summed E-state index contributed by atoms with van der Waals surface area (Å²) < 4.78 is 0. The number of aromatic nitrogens is 1. The zero-order chi connectivity index (χ0) is 25.0. The molecule has 3 heteroatoms. The van der Waals surface area contributed by atoms with Gasteiger partial charge in [0.15, 0.2) is 0 Å². The molecule has 0 spiro atoms. The molecule has 0 bridgehead atoms. The smallest absolute Gasteiger partial charge is 0.0959 e. The van der Waals surface area contributed by atoms with Crippen molar-refractivity contribution in [3.8, 4) is 0 Å². The normalized spacial score (nSPS) is 42.4. The molecular weight excluding hydrogens is 430 g/mol. The van der Waals surface area contributed by atoms with Gasteiger partial charge in [0.25, 0.3) is 0 Å². The molecule has 5 rings (SSSR count). The Morgan fingerprint density at radius 2 is 1.89 bits per heavy atom. The number of hydrogen-bond acceptors (Lipinski definition) is 3. The van der Waals surface area contributed by atoms with Gasteiger partial charge in [0, 0.05) is 6.20 Å². The monoisotopic (exact) mass is 479 g/mol. The molecule has 1 aromatic heterocycles. The van der Waals surface area contributed by atoms with Crippen LogP contribution < -0.4 is 0 Å². The van der Waals surface area contributed by atoms with Gasteiger partial charge in [-0.05, 0) is 136 Å². The number of rotatable bonds is 6.